The Morgan fingerprint density at radius 2 is 1.44 bits per heavy atom. The molecule has 1 atom stereocenters. The van der Waals surface area contributed by atoms with E-state index in [9.17, 15) is 14.4 Å². The molecule has 138 valence electrons. The molecule has 2 amide bonds. The maximum absolute atomic E-state index is 12.9. The molecule has 3 rings (SSSR count). The molecule has 2 aromatic carbocycles. The van der Waals surface area contributed by atoms with Crippen LogP contribution in [0.5, 0.6) is 0 Å². The number of nitrogens with zero attached hydrogens (tertiary/aromatic N) is 1. The Balaban J connectivity index is 2.27. The predicted molar refractivity (Wildman–Crippen MR) is 97.7 cm³/mol. The van der Waals surface area contributed by atoms with Crippen LogP contribution >= 0.6 is 0 Å². The number of hydrogen-bond acceptors (Lipinski definition) is 5. The molecule has 1 unspecified atom stereocenters. The van der Waals surface area contributed by atoms with Crippen molar-refractivity contribution in [1.82, 2.24) is 5.32 Å². The quantitative estimate of drug-likeness (QED) is 0.841. The maximum Gasteiger partial charge on any atom is 0.355 e. The van der Waals surface area contributed by atoms with Crippen molar-refractivity contribution >= 4 is 23.7 Å². The van der Waals surface area contributed by atoms with Crippen LogP contribution < -0.4 is 10.2 Å². The van der Waals surface area contributed by atoms with Crippen molar-refractivity contribution in [3.8, 4) is 0 Å². The highest BCUT2D eigenvalue weighted by atomic mass is 16.5. The Bertz CT molecular complexity index is 893. The average Bonchev–Trinajstić information content (AvgIpc) is 2.73. The summed E-state index contributed by atoms with van der Waals surface area (Å²) >= 11 is 0. The van der Waals surface area contributed by atoms with Crippen LogP contribution in [0.4, 0.5) is 10.5 Å². The molecule has 27 heavy (non-hydrogen) atoms. The van der Waals surface area contributed by atoms with Gasteiger partial charge in [0.15, 0.2) is 0 Å². The Hall–Kier alpha value is -3.61. The summed E-state index contributed by atoms with van der Waals surface area (Å²) in [6, 6.07) is 16.0. The number of ether oxygens (including phenoxy) is 2. The van der Waals surface area contributed by atoms with Gasteiger partial charge >= 0.3 is 18.0 Å². The van der Waals surface area contributed by atoms with Crippen LogP contribution in [0.2, 0.25) is 0 Å². The lowest BCUT2D eigenvalue weighted by atomic mass is 9.94. The normalized spacial score (nSPS) is 16.6. The zero-order valence-electron chi connectivity index (χ0n) is 14.8. The van der Waals surface area contributed by atoms with Crippen molar-refractivity contribution in [2.75, 3.05) is 19.1 Å². The van der Waals surface area contributed by atoms with Gasteiger partial charge in [-0.05, 0) is 17.7 Å². The first-order valence-corrected chi connectivity index (χ1v) is 8.20. The fourth-order valence-corrected chi connectivity index (χ4v) is 2.96. The van der Waals surface area contributed by atoms with Gasteiger partial charge in [0, 0.05) is 0 Å². The van der Waals surface area contributed by atoms with Gasteiger partial charge in [-0.3, -0.25) is 4.90 Å². The summed E-state index contributed by atoms with van der Waals surface area (Å²) in [5.74, 6) is -1.54. The predicted octanol–water partition coefficient (Wildman–Crippen LogP) is 2.56. The van der Waals surface area contributed by atoms with Gasteiger partial charge in [0.05, 0.1) is 31.5 Å². The number of para-hydroxylation sites is 1. The Kier molecular flexibility index (Phi) is 5.21. The second-order valence-electron chi connectivity index (χ2n) is 5.71. The van der Waals surface area contributed by atoms with Crippen LogP contribution in [0.3, 0.4) is 0 Å². The number of carbonyl (C=O) groups is 3. The number of hydrogen-bond donors (Lipinski definition) is 1. The molecule has 7 heteroatoms. The standard InChI is InChI=1S/C20H18N2O5/c1-26-18(23)15-16(13-9-5-3-6-10-13)21-20(25)22(17(15)19(24)27-2)14-11-7-4-8-12-14/h3-12,16H,1-2H3,(H,21,25). The molecule has 1 aliphatic rings. The summed E-state index contributed by atoms with van der Waals surface area (Å²) in [6.07, 6.45) is 0. The third kappa shape index (κ3) is 3.39. The van der Waals surface area contributed by atoms with Crippen molar-refractivity contribution in [1.29, 1.82) is 0 Å². The van der Waals surface area contributed by atoms with Gasteiger partial charge in [0.1, 0.15) is 5.70 Å². The summed E-state index contributed by atoms with van der Waals surface area (Å²) < 4.78 is 9.78. The van der Waals surface area contributed by atoms with E-state index < -0.39 is 24.0 Å². The fraction of sp³-hybridized carbons (Fsp3) is 0.150. The molecule has 0 aliphatic carbocycles. The van der Waals surface area contributed by atoms with Gasteiger partial charge < -0.3 is 14.8 Å². The molecule has 0 aromatic heterocycles. The Morgan fingerprint density at radius 1 is 0.889 bits per heavy atom. The number of benzene rings is 2. The number of carbonyl (C=O) groups excluding carboxylic acids is 3. The second-order valence-corrected chi connectivity index (χ2v) is 5.71. The van der Waals surface area contributed by atoms with E-state index in [4.69, 9.17) is 9.47 Å². The smallest absolute Gasteiger partial charge is 0.355 e. The highest BCUT2D eigenvalue weighted by molar-refractivity contribution is 6.13. The third-order valence-corrected chi connectivity index (χ3v) is 4.17. The second kappa shape index (κ2) is 7.74. The zero-order chi connectivity index (χ0) is 19.4. The summed E-state index contributed by atoms with van der Waals surface area (Å²) in [5, 5.41) is 2.78. The highest BCUT2D eigenvalue weighted by Crippen LogP contribution is 2.34. The largest absolute Gasteiger partial charge is 0.466 e. The summed E-state index contributed by atoms with van der Waals surface area (Å²) in [4.78, 5) is 39.2. The number of urea groups is 1. The van der Waals surface area contributed by atoms with Crippen molar-refractivity contribution in [3.05, 3.63) is 77.5 Å². The van der Waals surface area contributed by atoms with Crippen molar-refractivity contribution in [2.24, 2.45) is 0 Å². The van der Waals surface area contributed by atoms with E-state index in [1.165, 1.54) is 14.2 Å². The molecule has 1 N–H and O–H groups in total. The van der Waals surface area contributed by atoms with E-state index in [0.29, 0.717) is 11.3 Å². The van der Waals surface area contributed by atoms with Gasteiger partial charge in [-0.25, -0.2) is 14.4 Å². The first kappa shape index (κ1) is 18.2. The number of amides is 2. The number of rotatable bonds is 4. The van der Waals surface area contributed by atoms with E-state index >= 15 is 0 Å². The zero-order valence-corrected chi connectivity index (χ0v) is 14.8. The molecule has 1 aliphatic heterocycles. The first-order valence-electron chi connectivity index (χ1n) is 8.20. The van der Waals surface area contributed by atoms with E-state index in [1.54, 1.807) is 54.6 Å². The van der Waals surface area contributed by atoms with Gasteiger partial charge in [-0.2, -0.15) is 0 Å². The molecule has 0 radical (unpaired) electrons. The van der Waals surface area contributed by atoms with Gasteiger partial charge in [0.2, 0.25) is 0 Å². The lowest BCUT2D eigenvalue weighted by molar-refractivity contribution is -0.139. The number of esters is 2. The number of anilines is 1. The van der Waals surface area contributed by atoms with Crippen LogP contribution in [0.15, 0.2) is 71.9 Å². The third-order valence-electron chi connectivity index (χ3n) is 4.17. The van der Waals surface area contributed by atoms with Crippen LogP contribution in [-0.4, -0.2) is 32.2 Å². The monoisotopic (exact) mass is 366 g/mol. The number of methoxy groups -OCH3 is 2. The van der Waals surface area contributed by atoms with Gasteiger partial charge in [-0.15, -0.1) is 0 Å². The molecule has 1 heterocycles. The summed E-state index contributed by atoms with van der Waals surface area (Å²) in [5.41, 5.74) is 0.885. The Labute approximate surface area is 156 Å². The lowest BCUT2D eigenvalue weighted by Crippen LogP contribution is -2.50. The van der Waals surface area contributed by atoms with E-state index in [0.717, 1.165) is 4.90 Å². The fourth-order valence-electron chi connectivity index (χ4n) is 2.96. The molecule has 2 aromatic rings. The molecule has 0 saturated heterocycles. The minimum Gasteiger partial charge on any atom is -0.466 e. The van der Waals surface area contributed by atoms with Gasteiger partial charge in [-0.1, -0.05) is 48.5 Å². The molecule has 7 nitrogen and oxygen atoms in total. The first-order chi connectivity index (χ1) is 13.1. The highest BCUT2D eigenvalue weighted by Gasteiger charge is 2.42. The minimum atomic E-state index is -0.847. The van der Waals surface area contributed by atoms with Crippen molar-refractivity contribution in [2.45, 2.75) is 6.04 Å². The van der Waals surface area contributed by atoms with Crippen molar-refractivity contribution < 1.29 is 23.9 Å². The van der Waals surface area contributed by atoms with E-state index in [-0.39, 0.29) is 11.3 Å². The molecule has 0 fully saturated rings. The average molecular weight is 366 g/mol. The van der Waals surface area contributed by atoms with Crippen LogP contribution in [0, 0.1) is 0 Å². The van der Waals surface area contributed by atoms with Crippen LogP contribution in [-0.2, 0) is 19.1 Å². The topological polar surface area (TPSA) is 84.9 Å². The molecule has 0 saturated carbocycles. The Morgan fingerprint density at radius 3 is 2.00 bits per heavy atom. The van der Waals surface area contributed by atoms with E-state index in [1.807, 2.05) is 6.07 Å². The van der Waals surface area contributed by atoms with Crippen LogP contribution in [0.1, 0.15) is 11.6 Å². The maximum atomic E-state index is 12.9. The SMILES string of the molecule is COC(=O)C1=C(C(=O)OC)N(c2ccccc2)C(=O)NC1c1ccccc1. The minimum absolute atomic E-state index is 0.000923. The van der Waals surface area contributed by atoms with Gasteiger partial charge in [0.25, 0.3) is 0 Å². The molecular formula is C20H18N2O5. The molecule has 0 spiro atoms. The number of nitrogens with one attached hydrogen (secondary N) is 1. The van der Waals surface area contributed by atoms with E-state index in [2.05, 4.69) is 5.32 Å². The molecule has 0 bridgehead atoms. The summed E-state index contributed by atoms with van der Waals surface area (Å²) in [6.45, 7) is 0. The summed E-state index contributed by atoms with van der Waals surface area (Å²) in [7, 11) is 2.41. The lowest BCUT2D eigenvalue weighted by Gasteiger charge is -2.35. The molecular weight excluding hydrogens is 348 g/mol. The van der Waals surface area contributed by atoms with Crippen LogP contribution in [0.25, 0.3) is 0 Å². The van der Waals surface area contributed by atoms with Crippen molar-refractivity contribution in [3.63, 3.8) is 0 Å².